The Balaban J connectivity index is 1.34. The fourth-order valence-corrected chi connectivity index (χ4v) is 3.79. The molecule has 142 valence electrons. The summed E-state index contributed by atoms with van der Waals surface area (Å²) < 4.78 is 5.00. The molecule has 1 aromatic heterocycles. The maximum absolute atomic E-state index is 11.7. The second-order valence-electron chi connectivity index (χ2n) is 6.29. The molecule has 4 rings (SSSR count). The van der Waals surface area contributed by atoms with Gasteiger partial charge in [-0.1, -0.05) is 30.0 Å². The first-order chi connectivity index (χ1) is 13.7. The van der Waals surface area contributed by atoms with Gasteiger partial charge in [0.25, 0.3) is 0 Å². The maximum Gasteiger partial charge on any atom is 0.338 e. The van der Waals surface area contributed by atoms with Crippen LogP contribution in [0.25, 0.3) is 0 Å². The Morgan fingerprint density at radius 2 is 1.82 bits per heavy atom. The molecule has 0 unspecified atom stereocenters. The Kier molecular flexibility index (Phi) is 5.55. The number of benzene rings is 2. The average Bonchev–Trinajstić information content (AvgIpc) is 2.73. The highest BCUT2D eigenvalue weighted by molar-refractivity contribution is 7.99. The molecule has 7 heteroatoms. The van der Waals surface area contributed by atoms with Crippen molar-refractivity contribution < 1.29 is 9.53 Å². The molecule has 1 aliphatic heterocycles. The van der Waals surface area contributed by atoms with Crippen LogP contribution in [0.15, 0.2) is 64.8 Å². The maximum atomic E-state index is 11.7. The molecular weight excluding hydrogens is 372 g/mol. The van der Waals surface area contributed by atoms with Crippen molar-refractivity contribution in [1.29, 1.82) is 0 Å². The zero-order valence-electron chi connectivity index (χ0n) is 15.4. The normalized spacial score (nSPS) is 11.9. The predicted molar refractivity (Wildman–Crippen MR) is 109 cm³/mol. The lowest BCUT2D eigenvalue weighted by atomic mass is 10.1. The molecule has 0 bridgehead atoms. The van der Waals surface area contributed by atoms with Crippen LogP contribution in [0.3, 0.4) is 0 Å². The Labute approximate surface area is 167 Å². The summed E-state index contributed by atoms with van der Waals surface area (Å²) in [7, 11) is 0. The minimum atomic E-state index is -0.285. The van der Waals surface area contributed by atoms with Gasteiger partial charge in [-0.15, -0.1) is 0 Å². The Bertz CT molecular complexity index is 992. The first-order valence-corrected chi connectivity index (χ1v) is 9.90. The number of hydrogen-bond acceptors (Lipinski definition) is 7. The monoisotopic (exact) mass is 392 g/mol. The Morgan fingerprint density at radius 3 is 2.64 bits per heavy atom. The lowest BCUT2D eigenvalue weighted by Crippen LogP contribution is -2.13. The summed E-state index contributed by atoms with van der Waals surface area (Å²) in [5.41, 5.74) is 3.93. The number of nitrogens with zero attached hydrogens (tertiary/aromatic N) is 2. The molecule has 28 heavy (non-hydrogen) atoms. The lowest BCUT2D eigenvalue weighted by Gasteiger charge is -2.19. The molecule has 6 nitrogen and oxygen atoms in total. The summed E-state index contributed by atoms with van der Waals surface area (Å²) in [6.45, 7) is 3.65. The second-order valence-corrected chi connectivity index (χ2v) is 7.32. The quantitative estimate of drug-likeness (QED) is 0.477. The van der Waals surface area contributed by atoms with E-state index in [-0.39, 0.29) is 5.97 Å². The Morgan fingerprint density at radius 1 is 1.07 bits per heavy atom. The number of esters is 1. The van der Waals surface area contributed by atoms with Gasteiger partial charge in [0.15, 0.2) is 5.82 Å². The van der Waals surface area contributed by atoms with Crippen LogP contribution in [0.4, 0.5) is 11.5 Å². The molecule has 0 saturated heterocycles. The molecule has 1 aliphatic rings. The standard InChI is InChI=1S/C21H20N4O2S/c1-2-27-21(26)16-6-3-14(4-7-16)12-22-13-15-5-8-18-17(11-15)25-19-20(28-18)24-10-9-23-19/h3-11,22H,2,12-13H2,1H3,(H,23,25). The molecule has 3 aromatic rings. The van der Waals surface area contributed by atoms with Crippen LogP contribution in [-0.2, 0) is 17.8 Å². The van der Waals surface area contributed by atoms with Gasteiger partial charge in [0, 0.05) is 30.4 Å². The summed E-state index contributed by atoms with van der Waals surface area (Å²) in [6.07, 6.45) is 3.39. The largest absolute Gasteiger partial charge is 0.462 e. The highest BCUT2D eigenvalue weighted by atomic mass is 32.2. The number of ether oxygens (including phenoxy) is 1. The van der Waals surface area contributed by atoms with Gasteiger partial charge in [-0.3, -0.25) is 0 Å². The third-order valence-electron chi connectivity index (χ3n) is 4.29. The fourth-order valence-electron chi connectivity index (χ4n) is 2.92. The molecule has 0 radical (unpaired) electrons. The summed E-state index contributed by atoms with van der Waals surface area (Å²) in [5.74, 6) is 0.513. The number of carbonyl (C=O) groups excluding carboxylic acids is 1. The van der Waals surface area contributed by atoms with Gasteiger partial charge in [-0.05, 0) is 42.3 Å². The minimum Gasteiger partial charge on any atom is -0.462 e. The molecule has 2 aromatic carbocycles. The van der Waals surface area contributed by atoms with Crippen molar-refractivity contribution in [2.24, 2.45) is 0 Å². The van der Waals surface area contributed by atoms with E-state index < -0.39 is 0 Å². The SMILES string of the molecule is CCOC(=O)c1ccc(CNCc2ccc3c(c2)Nc2nccnc2S3)cc1. The van der Waals surface area contributed by atoms with Crippen molar-refractivity contribution in [3.05, 3.63) is 71.5 Å². The molecule has 0 saturated carbocycles. The fraction of sp³-hybridized carbons (Fsp3) is 0.190. The van der Waals surface area contributed by atoms with Crippen LogP contribution in [-0.4, -0.2) is 22.5 Å². The van der Waals surface area contributed by atoms with Crippen LogP contribution < -0.4 is 10.6 Å². The van der Waals surface area contributed by atoms with E-state index in [9.17, 15) is 4.79 Å². The number of aromatic nitrogens is 2. The van der Waals surface area contributed by atoms with Gasteiger partial charge >= 0.3 is 5.97 Å². The van der Waals surface area contributed by atoms with Crippen LogP contribution in [0.2, 0.25) is 0 Å². The molecule has 0 spiro atoms. The zero-order valence-corrected chi connectivity index (χ0v) is 16.3. The number of carbonyl (C=O) groups is 1. The molecular formula is C21H20N4O2S. The van der Waals surface area contributed by atoms with Gasteiger partial charge in [-0.2, -0.15) is 0 Å². The van der Waals surface area contributed by atoms with Gasteiger partial charge in [0.2, 0.25) is 0 Å². The molecule has 2 heterocycles. The molecule has 0 fully saturated rings. The van der Waals surface area contributed by atoms with E-state index >= 15 is 0 Å². The summed E-state index contributed by atoms with van der Waals surface area (Å²) in [6, 6.07) is 13.8. The van der Waals surface area contributed by atoms with Crippen LogP contribution in [0.5, 0.6) is 0 Å². The van der Waals surface area contributed by atoms with E-state index in [4.69, 9.17) is 4.74 Å². The molecule has 0 amide bonds. The van der Waals surface area contributed by atoms with E-state index in [1.165, 1.54) is 5.56 Å². The summed E-state index contributed by atoms with van der Waals surface area (Å²) in [5, 5.41) is 7.68. The lowest BCUT2D eigenvalue weighted by molar-refractivity contribution is 0.0526. The number of fused-ring (bicyclic) bond motifs is 2. The first-order valence-electron chi connectivity index (χ1n) is 9.08. The predicted octanol–water partition coefficient (Wildman–Crippen LogP) is 4.15. The minimum absolute atomic E-state index is 0.285. The number of nitrogens with one attached hydrogen (secondary N) is 2. The number of anilines is 2. The number of hydrogen-bond donors (Lipinski definition) is 2. The van der Waals surface area contributed by atoms with Gasteiger partial charge in [-0.25, -0.2) is 14.8 Å². The van der Waals surface area contributed by atoms with Gasteiger partial charge in [0.05, 0.1) is 17.9 Å². The van der Waals surface area contributed by atoms with Gasteiger partial charge < -0.3 is 15.4 Å². The van der Waals surface area contributed by atoms with Crippen LogP contribution in [0.1, 0.15) is 28.4 Å². The molecule has 0 atom stereocenters. The highest BCUT2D eigenvalue weighted by Gasteiger charge is 2.17. The van der Waals surface area contributed by atoms with Crippen LogP contribution >= 0.6 is 11.8 Å². The third-order valence-corrected chi connectivity index (χ3v) is 5.36. The highest BCUT2D eigenvalue weighted by Crippen LogP contribution is 2.41. The van der Waals surface area contributed by atoms with Crippen LogP contribution in [0, 0.1) is 0 Å². The average molecular weight is 392 g/mol. The molecule has 0 aliphatic carbocycles. The van der Waals surface area contributed by atoms with E-state index in [0.717, 1.165) is 40.1 Å². The summed E-state index contributed by atoms with van der Waals surface area (Å²) >= 11 is 1.62. The van der Waals surface area contributed by atoms with E-state index in [1.807, 2.05) is 12.1 Å². The van der Waals surface area contributed by atoms with Crippen molar-refractivity contribution in [2.45, 2.75) is 29.9 Å². The number of rotatable bonds is 6. The zero-order chi connectivity index (χ0) is 19.3. The van der Waals surface area contributed by atoms with E-state index in [1.54, 1.807) is 43.2 Å². The van der Waals surface area contributed by atoms with Crippen molar-refractivity contribution in [3.63, 3.8) is 0 Å². The summed E-state index contributed by atoms with van der Waals surface area (Å²) in [4.78, 5) is 21.5. The van der Waals surface area contributed by atoms with Crippen molar-refractivity contribution in [3.8, 4) is 0 Å². The van der Waals surface area contributed by atoms with E-state index in [2.05, 4.69) is 38.8 Å². The third kappa shape index (κ3) is 4.16. The van der Waals surface area contributed by atoms with Gasteiger partial charge in [0.1, 0.15) is 5.03 Å². The second kappa shape index (κ2) is 8.41. The Hall–Kier alpha value is -2.90. The van der Waals surface area contributed by atoms with Crippen molar-refractivity contribution >= 4 is 29.2 Å². The topological polar surface area (TPSA) is 76.1 Å². The molecule has 2 N–H and O–H groups in total. The van der Waals surface area contributed by atoms with Crippen molar-refractivity contribution in [1.82, 2.24) is 15.3 Å². The first kappa shape index (κ1) is 18.5. The van der Waals surface area contributed by atoms with Crippen molar-refractivity contribution in [2.75, 3.05) is 11.9 Å². The van der Waals surface area contributed by atoms with E-state index in [0.29, 0.717) is 12.2 Å². The smallest absolute Gasteiger partial charge is 0.338 e.